The Kier molecular flexibility index (Phi) is 4.46. The number of pyridine rings is 1. The van der Waals surface area contributed by atoms with Gasteiger partial charge in [0.25, 0.3) is 0 Å². The van der Waals surface area contributed by atoms with Crippen LogP contribution in [0.25, 0.3) is 10.9 Å². The van der Waals surface area contributed by atoms with Crippen LogP contribution >= 0.6 is 11.6 Å². The molecule has 1 aromatic heterocycles. The zero-order chi connectivity index (χ0) is 14.7. The summed E-state index contributed by atoms with van der Waals surface area (Å²) in [7, 11) is 0. The second-order valence-electron chi connectivity index (χ2n) is 5.07. The zero-order valence-corrected chi connectivity index (χ0v) is 12.9. The van der Waals surface area contributed by atoms with E-state index in [4.69, 9.17) is 21.1 Å². The Balaban J connectivity index is 1.82. The van der Waals surface area contributed by atoms with Gasteiger partial charge in [0.15, 0.2) is 0 Å². The Morgan fingerprint density at radius 2 is 2.14 bits per heavy atom. The summed E-state index contributed by atoms with van der Waals surface area (Å²) < 4.78 is 11.5. The summed E-state index contributed by atoms with van der Waals surface area (Å²) in [6.07, 6.45) is 1.29. The number of aromatic nitrogens is 1. The number of likely N-dealkylation sites (tertiary alicyclic amines) is 1. The normalized spacial score (nSPS) is 15.0. The molecule has 0 spiro atoms. The lowest BCUT2D eigenvalue weighted by atomic mass is 10.2. The second-order valence-corrected chi connectivity index (χ2v) is 5.48. The molecule has 5 heteroatoms. The van der Waals surface area contributed by atoms with E-state index in [9.17, 15) is 0 Å². The average molecular weight is 307 g/mol. The quantitative estimate of drug-likeness (QED) is 0.819. The van der Waals surface area contributed by atoms with E-state index in [1.165, 1.54) is 19.5 Å². The van der Waals surface area contributed by atoms with Crippen LogP contribution in [0.1, 0.15) is 13.3 Å². The Morgan fingerprint density at radius 3 is 2.86 bits per heavy atom. The largest absolute Gasteiger partial charge is 0.493 e. The van der Waals surface area contributed by atoms with Gasteiger partial charge in [-0.25, -0.2) is 4.98 Å². The number of halogens is 1. The number of fused-ring (bicyclic) bond motifs is 1. The van der Waals surface area contributed by atoms with Crippen molar-refractivity contribution in [3.63, 3.8) is 0 Å². The molecule has 0 N–H and O–H groups in total. The number of ether oxygens (including phenoxy) is 2. The lowest BCUT2D eigenvalue weighted by molar-refractivity contribution is 0.145. The first-order chi connectivity index (χ1) is 10.3. The third kappa shape index (κ3) is 3.22. The second kappa shape index (κ2) is 6.50. The molecule has 1 aromatic carbocycles. The summed E-state index contributed by atoms with van der Waals surface area (Å²) in [5.41, 5.74) is 0.726. The van der Waals surface area contributed by atoms with Crippen molar-refractivity contribution < 1.29 is 9.47 Å². The van der Waals surface area contributed by atoms with Gasteiger partial charge in [0.1, 0.15) is 12.4 Å². The topological polar surface area (TPSA) is 34.6 Å². The van der Waals surface area contributed by atoms with Crippen LogP contribution in [0, 0.1) is 0 Å². The fraction of sp³-hybridized carbons (Fsp3) is 0.438. The van der Waals surface area contributed by atoms with E-state index in [-0.39, 0.29) is 0 Å². The minimum Gasteiger partial charge on any atom is -0.493 e. The molecule has 2 heterocycles. The minimum absolute atomic E-state index is 0.569. The van der Waals surface area contributed by atoms with Crippen molar-refractivity contribution in [1.29, 1.82) is 0 Å². The fourth-order valence-electron chi connectivity index (χ4n) is 2.39. The zero-order valence-electron chi connectivity index (χ0n) is 12.1. The highest BCUT2D eigenvalue weighted by atomic mass is 35.5. The maximum Gasteiger partial charge on any atom is 0.217 e. The van der Waals surface area contributed by atoms with Gasteiger partial charge in [0.2, 0.25) is 5.88 Å². The molecule has 0 atom stereocenters. The van der Waals surface area contributed by atoms with E-state index in [0.717, 1.165) is 23.2 Å². The average Bonchev–Trinajstić information content (AvgIpc) is 2.43. The van der Waals surface area contributed by atoms with Gasteiger partial charge in [-0.15, -0.1) is 0 Å². The summed E-state index contributed by atoms with van der Waals surface area (Å²) in [6, 6.07) is 7.54. The highest BCUT2D eigenvalue weighted by Gasteiger charge is 2.14. The predicted octanol–water partition coefficient (Wildman–Crippen LogP) is 3.37. The van der Waals surface area contributed by atoms with Crippen molar-refractivity contribution in [2.75, 3.05) is 32.8 Å². The maximum absolute atomic E-state index is 6.24. The standard InChI is InChI=1S/C16H19ClN2O2/c1-2-20-14-11-15(21-10-9-19-7-4-8-19)18-16-12(14)5-3-6-13(16)17/h3,5-6,11H,2,4,7-10H2,1H3. The predicted molar refractivity (Wildman–Crippen MR) is 84.5 cm³/mol. The van der Waals surface area contributed by atoms with E-state index in [1.54, 1.807) is 0 Å². The lowest BCUT2D eigenvalue weighted by Crippen LogP contribution is -2.39. The minimum atomic E-state index is 0.569. The Hall–Kier alpha value is -1.52. The summed E-state index contributed by atoms with van der Waals surface area (Å²) in [5, 5.41) is 1.53. The summed E-state index contributed by atoms with van der Waals surface area (Å²) >= 11 is 6.24. The Morgan fingerprint density at radius 1 is 1.29 bits per heavy atom. The number of para-hydroxylation sites is 1. The first kappa shape index (κ1) is 14.4. The van der Waals surface area contributed by atoms with Crippen LogP contribution < -0.4 is 9.47 Å². The van der Waals surface area contributed by atoms with Crippen molar-refractivity contribution in [1.82, 2.24) is 9.88 Å². The molecule has 21 heavy (non-hydrogen) atoms. The molecule has 0 radical (unpaired) electrons. The first-order valence-corrected chi connectivity index (χ1v) is 7.73. The van der Waals surface area contributed by atoms with Crippen molar-refractivity contribution in [3.05, 3.63) is 29.3 Å². The van der Waals surface area contributed by atoms with Crippen molar-refractivity contribution in [3.8, 4) is 11.6 Å². The van der Waals surface area contributed by atoms with Crippen LogP contribution in [0.2, 0.25) is 5.02 Å². The molecule has 3 rings (SSSR count). The van der Waals surface area contributed by atoms with E-state index in [1.807, 2.05) is 31.2 Å². The molecule has 4 nitrogen and oxygen atoms in total. The maximum atomic E-state index is 6.24. The number of benzene rings is 1. The molecular formula is C16H19ClN2O2. The molecule has 2 aromatic rings. The van der Waals surface area contributed by atoms with E-state index >= 15 is 0 Å². The number of rotatable bonds is 6. The fourth-order valence-corrected chi connectivity index (χ4v) is 2.61. The molecule has 0 amide bonds. The third-order valence-electron chi connectivity index (χ3n) is 3.63. The highest BCUT2D eigenvalue weighted by Crippen LogP contribution is 2.32. The van der Waals surface area contributed by atoms with Gasteiger partial charge in [0.05, 0.1) is 17.1 Å². The van der Waals surface area contributed by atoms with Crippen LogP contribution in [-0.4, -0.2) is 42.7 Å². The molecule has 0 unspecified atom stereocenters. The van der Waals surface area contributed by atoms with E-state index in [2.05, 4.69) is 9.88 Å². The van der Waals surface area contributed by atoms with Crippen molar-refractivity contribution in [2.45, 2.75) is 13.3 Å². The number of nitrogens with zero attached hydrogens (tertiary/aromatic N) is 2. The molecule has 1 aliphatic heterocycles. The monoisotopic (exact) mass is 306 g/mol. The Bertz CT molecular complexity index is 629. The molecule has 112 valence electrons. The number of hydrogen-bond donors (Lipinski definition) is 0. The smallest absolute Gasteiger partial charge is 0.217 e. The van der Waals surface area contributed by atoms with Gasteiger partial charge in [-0.3, -0.25) is 4.90 Å². The van der Waals surface area contributed by atoms with Crippen LogP contribution in [0.4, 0.5) is 0 Å². The summed E-state index contributed by atoms with van der Waals surface area (Å²) in [5.74, 6) is 1.34. The first-order valence-electron chi connectivity index (χ1n) is 7.35. The van der Waals surface area contributed by atoms with E-state index < -0.39 is 0 Å². The third-order valence-corrected chi connectivity index (χ3v) is 3.94. The van der Waals surface area contributed by atoms with Gasteiger partial charge in [-0.2, -0.15) is 0 Å². The van der Waals surface area contributed by atoms with E-state index in [0.29, 0.717) is 24.1 Å². The summed E-state index contributed by atoms with van der Waals surface area (Å²) in [6.45, 7) is 6.47. The van der Waals surface area contributed by atoms with Crippen molar-refractivity contribution in [2.24, 2.45) is 0 Å². The molecular weight excluding hydrogens is 288 g/mol. The van der Waals surface area contributed by atoms with Gasteiger partial charge in [-0.1, -0.05) is 17.7 Å². The molecule has 0 bridgehead atoms. The molecule has 0 saturated carbocycles. The van der Waals surface area contributed by atoms with Gasteiger partial charge in [-0.05, 0) is 38.6 Å². The lowest BCUT2D eigenvalue weighted by Gasteiger charge is -2.30. The SMILES string of the molecule is CCOc1cc(OCCN2CCC2)nc2c(Cl)cccc12. The molecule has 1 aliphatic rings. The molecule has 0 aliphatic carbocycles. The molecule has 1 saturated heterocycles. The van der Waals surface area contributed by atoms with Crippen molar-refractivity contribution >= 4 is 22.5 Å². The van der Waals surface area contributed by atoms with Crippen LogP contribution in [0.5, 0.6) is 11.6 Å². The number of hydrogen-bond acceptors (Lipinski definition) is 4. The Labute approximate surface area is 129 Å². The highest BCUT2D eigenvalue weighted by molar-refractivity contribution is 6.35. The van der Waals surface area contributed by atoms with Crippen LogP contribution in [0.3, 0.4) is 0 Å². The van der Waals surface area contributed by atoms with Gasteiger partial charge >= 0.3 is 0 Å². The summed E-state index contributed by atoms with van der Waals surface area (Å²) in [4.78, 5) is 6.86. The van der Waals surface area contributed by atoms with Gasteiger partial charge < -0.3 is 9.47 Å². The van der Waals surface area contributed by atoms with Crippen LogP contribution in [0.15, 0.2) is 24.3 Å². The molecule has 1 fully saturated rings. The van der Waals surface area contributed by atoms with Crippen LogP contribution in [-0.2, 0) is 0 Å². The van der Waals surface area contributed by atoms with Gasteiger partial charge in [0, 0.05) is 18.0 Å².